The van der Waals surface area contributed by atoms with Gasteiger partial charge in [-0.2, -0.15) is 0 Å². The minimum atomic E-state index is 0.378. The SMILES string of the molecule is COc1ccc(-c2ccc(C)o2)c(Sc2nc3c(N)ncnc3n2CCCNC(C)C)c1. The van der Waals surface area contributed by atoms with Crippen molar-refractivity contribution in [1.82, 2.24) is 24.8 Å². The normalized spacial score (nSPS) is 11.5. The lowest BCUT2D eigenvalue weighted by Crippen LogP contribution is -2.24. The van der Waals surface area contributed by atoms with Gasteiger partial charge in [-0.25, -0.2) is 15.0 Å². The average molecular weight is 453 g/mol. The number of nitrogens with one attached hydrogen (secondary N) is 1. The minimum absolute atomic E-state index is 0.378. The Bertz CT molecular complexity index is 1220. The van der Waals surface area contributed by atoms with Crippen LogP contribution < -0.4 is 15.8 Å². The summed E-state index contributed by atoms with van der Waals surface area (Å²) in [6.45, 7) is 7.88. The fourth-order valence-electron chi connectivity index (χ4n) is 3.44. The maximum atomic E-state index is 6.11. The van der Waals surface area contributed by atoms with Crippen LogP contribution >= 0.6 is 11.8 Å². The van der Waals surface area contributed by atoms with E-state index in [9.17, 15) is 0 Å². The van der Waals surface area contributed by atoms with Gasteiger partial charge in [-0.15, -0.1) is 0 Å². The van der Waals surface area contributed by atoms with Gasteiger partial charge in [0.25, 0.3) is 0 Å². The van der Waals surface area contributed by atoms with Crippen molar-refractivity contribution in [2.45, 2.75) is 49.8 Å². The van der Waals surface area contributed by atoms with Gasteiger partial charge in [0.05, 0.1) is 7.11 Å². The second-order valence-electron chi connectivity index (χ2n) is 7.81. The molecule has 0 aliphatic rings. The number of nitrogens with two attached hydrogens (primary N) is 1. The quantitative estimate of drug-likeness (QED) is 0.357. The Hall–Kier alpha value is -3.04. The predicted octanol–water partition coefficient (Wildman–Crippen LogP) is 4.52. The molecule has 32 heavy (non-hydrogen) atoms. The van der Waals surface area contributed by atoms with E-state index in [1.54, 1.807) is 18.9 Å². The number of rotatable bonds is 9. The summed E-state index contributed by atoms with van der Waals surface area (Å²) in [7, 11) is 1.66. The Morgan fingerprint density at radius 1 is 1.22 bits per heavy atom. The molecule has 3 N–H and O–H groups in total. The summed E-state index contributed by atoms with van der Waals surface area (Å²) in [5.74, 6) is 2.81. The standard InChI is InChI=1S/C23H28N6O2S/c1-14(2)25-10-5-11-29-22-20(21(24)26-13-27-22)28-23(29)32-19-12-16(30-4)7-8-17(19)18-9-6-15(3)31-18/h6-9,12-14,25H,5,10-11H2,1-4H3,(H2,24,26,27). The molecule has 1 aromatic carbocycles. The van der Waals surface area contributed by atoms with Crippen molar-refractivity contribution in [3.05, 3.63) is 42.4 Å². The maximum Gasteiger partial charge on any atom is 0.175 e. The second-order valence-corrected chi connectivity index (χ2v) is 8.82. The molecule has 9 heteroatoms. The van der Waals surface area contributed by atoms with Gasteiger partial charge in [-0.1, -0.05) is 25.6 Å². The molecule has 3 aromatic heterocycles. The van der Waals surface area contributed by atoms with Gasteiger partial charge in [0.15, 0.2) is 22.1 Å². The van der Waals surface area contributed by atoms with Crippen LogP contribution in [0.15, 0.2) is 51.1 Å². The van der Waals surface area contributed by atoms with Crippen LogP contribution in [0.25, 0.3) is 22.5 Å². The molecule has 0 atom stereocenters. The summed E-state index contributed by atoms with van der Waals surface area (Å²) < 4.78 is 13.5. The van der Waals surface area contributed by atoms with Crippen molar-refractivity contribution in [3.63, 3.8) is 0 Å². The number of anilines is 1. The molecule has 4 rings (SSSR count). The number of nitrogens with zero attached hydrogens (tertiary/aromatic N) is 4. The third kappa shape index (κ3) is 4.73. The summed E-state index contributed by atoms with van der Waals surface area (Å²) >= 11 is 1.54. The first kappa shape index (κ1) is 22.2. The van der Waals surface area contributed by atoms with Crippen LogP contribution in [0.2, 0.25) is 0 Å². The lowest BCUT2D eigenvalue weighted by molar-refractivity contribution is 0.413. The zero-order chi connectivity index (χ0) is 22.7. The Labute approximate surface area is 191 Å². The molecule has 4 aromatic rings. The van der Waals surface area contributed by atoms with E-state index >= 15 is 0 Å². The molecule has 3 heterocycles. The number of hydrogen-bond donors (Lipinski definition) is 2. The molecule has 0 fully saturated rings. The van der Waals surface area contributed by atoms with Gasteiger partial charge in [0.2, 0.25) is 0 Å². The van der Waals surface area contributed by atoms with E-state index < -0.39 is 0 Å². The van der Waals surface area contributed by atoms with Crippen molar-refractivity contribution < 1.29 is 9.15 Å². The third-order valence-electron chi connectivity index (χ3n) is 5.03. The Morgan fingerprint density at radius 2 is 2.06 bits per heavy atom. The average Bonchev–Trinajstić information content (AvgIpc) is 3.35. The van der Waals surface area contributed by atoms with Crippen LogP contribution in [0.3, 0.4) is 0 Å². The minimum Gasteiger partial charge on any atom is -0.497 e. The van der Waals surface area contributed by atoms with Crippen LogP contribution in [-0.2, 0) is 6.54 Å². The zero-order valence-corrected chi connectivity index (χ0v) is 19.6. The van der Waals surface area contributed by atoms with Crippen molar-refractivity contribution in [2.24, 2.45) is 0 Å². The van der Waals surface area contributed by atoms with Gasteiger partial charge in [-0.05, 0) is 50.2 Å². The summed E-state index contributed by atoms with van der Waals surface area (Å²) in [5, 5.41) is 4.26. The number of ether oxygens (including phenoxy) is 1. The largest absolute Gasteiger partial charge is 0.497 e. The molecule has 0 saturated heterocycles. The summed E-state index contributed by atoms with van der Waals surface area (Å²) in [5.41, 5.74) is 8.44. The van der Waals surface area contributed by atoms with Crippen LogP contribution in [0, 0.1) is 6.92 Å². The molecule has 8 nitrogen and oxygen atoms in total. The first-order valence-corrected chi connectivity index (χ1v) is 11.4. The highest BCUT2D eigenvalue weighted by molar-refractivity contribution is 7.99. The van der Waals surface area contributed by atoms with Crippen LogP contribution in [0.1, 0.15) is 26.0 Å². The number of fused-ring (bicyclic) bond motifs is 1. The van der Waals surface area contributed by atoms with E-state index in [4.69, 9.17) is 19.9 Å². The molecule has 0 aliphatic carbocycles. The molecule has 0 bridgehead atoms. The number of aromatic nitrogens is 4. The lowest BCUT2D eigenvalue weighted by atomic mass is 10.1. The van der Waals surface area contributed by atoms with E-state index in [0.717, 1.165) is 58.0 Å². The highest BCUT2D eigenvalue weighted by Gasteiger charge is 2.19. The van der Waals surface area contributed by atoms with E-state index in [1.807, 2.05) is 37.3 Å². The van der Waals surface area contributed by atoms with E-state index in [-0.39, 0.29) is 0 Å². The number of nitrogen functional groups attached to an aromatic ring is 1. The van der Waals surface area contributed by atoms with Gasteiger partial charge < -0.3 is 24.8 Å². The zero-order valence-electron chi connectivity index (χ0n) is 18.8. The molecule has 0 spiro atoms. The molecular weight excluding hydrogens is 424 g/mol. The fraction of sp³-hybridized carbons (Fsp3) is 0.348. The first-order valence-electron chi connectivity index (χ1n) is 10.6. The van der Waals surface area contributed by atoms with Gasteiger partial charge in [0.1, 0.15) is 23.6 Å². The van der Waals surface area contributed by atoms with Gasteiger partial charge >= 0.3 is 0 Å². The van der Waals surface area contributed by atoms with Crippen molar-refractivity contribution >= 4 is 28.7 Å². The number of imidazole rings is 1. The van der Waals surface area contributed by atoms with E-state index in [1.165, 1.54) is 6.33 Å². The van der Waals surface area contributed by atoms with Crippen molar-refractivity contribution in [2.75, 3.05) is 19.4 Å². The highest BCUT2D eigenvalue weighted by atomic mass is 32.2. The number of aryl methyl sites for hydroxylation is 2. The van der Waals surface area contributed by atoms with E-state index in [2.05, 4.69) is 33.7 Å². The summed E-state index contributed by atoms with van der Waals surface area (Å²) in [6, 6.07) is 10.3. The smallest absolute Gasteiger partial charge is 0.175 e. The van der Waals surface area contributed by atoms with Crippen LogP contribution in [0.5, 0.6) is 5.75 Å². The second kappa shape index (κ2) is 9.62. The van der Waals surface area contributed by atoms with E-state index in [0.29, 0.717) is 17.4 Å². The predicted molar refractivity (Wildman–Crippen MR) is 127 cm³/mol. The Kier molecular flexibility index (Phi) is 6.66. The first-order chi connectivity index (χ1) is 15.5. The monoisotopic (exact) mass is 452 g/mol. The number of methoxy groups -OCH3 is 1. The summed E-state index contributed by atoms with van der Waals surface area (Å²) in [4.78, 5) is 14.4. The number of benzene rings is 1. The number of furan rings is 1. The molecule has 168 valence electrons. The topological polar surface area (TPSA) is 104 Å². The van der Waals surface area contributed by atoms with Gasteiger partial charge in [-0.3, -0.25) is 0 Å². The molecule has 0 amide bonds. The molecule has 0 aliphatic heterocycles. The third-order valence-corrected chi connectivity index (χ3v) is 6.08. The summed E-state index contributed by atoms with van der Waals surface area (Å²) in [6.07, 6.45) is 2.42. The van der Waals surface area contributed by atoms with Crippen LogP contribution in [0.4, 0.5) is 5.82 Å². The highest BCUT2D eigenvalue weighted by Crippen LogP contribution is 2.39. The molecular formula is C23H28N6O2S. The molecule has 0 saturated carbocycles. The Balaban J connectivity index is 1.73. The fourth-order valence-corrected chi connectivity index (χ4v) is 4.51. The van der Waals surface area contributed by atoms with Gasteiger partial charge in [0, 0.05) is 23.0 Å². The lowest BCUT2D eigenvalue weighted by Gasteiger charge is -2.12. The van der Waals surface area contributed by atoms with Crippen molar-refractivity contribution in [3.8, 4) is 17.1 Å². The maximum absolute atomic E-state index is 6.11. The molecule has 0 radical (unpaired) electrons. The van der Waals surface area contributed by atoms with Crippen molar-refractivity contribution in [1.29, 1.82) is 0 Å². The van der Waals surface area contributed by atoms with Crippen LogP contribution in [-0.4, -0.2) is 39.2 Å². The number of hydrogen-bond acceptors (Lipinski definition) is 8. The molecule has 0 unspecified atom stereocenters. The Morgan fingerprint density at radius 3 is 2.78 bits per heavy atom.